The topological polar surface area (TPSA) is 74.6 Å². The molecule has 3 heterocycles. The number of nitrogens with zero attached hydrogens (tertiary/aromatic N) is 2. The van der Waals surface area contributed by atoms with Gasteiger partial charge in [-0.1, -0.05) is 26.1 Å². The van der Waals surface area contributed by atoms with E-state index in [1.165, 1.54) is 11.3 Å². The fraction of sp³-hybridized carbons (Fsp3) is 0.333. The van der Waals surface area contributed by atoms with Gasteiger partial charge in [0.1, 0.15) is 21.1 Å². The van der Waals surface area contributed by atoms with Crippen molar-refractivity contribution in [2.45, 2.75) is 26.3 Å². The zero-order chi connectivity index (χ0) is 16.1. The number of carboxylic acid groups (broad SMARTS) is 1. The fourth-order valence-electron chi connectivity index (χ4n) is 2.29. The van der Waals surface area contributed by atoms with Gasteiger partial charge in [0.15, 0.2) is 5.84 Å². The first-order valence-electron chi connectivity index (χ1n) is 6.86. The van der Waals surface area contributed by atoms with Gasteiger partial charge in [0.2, 0.25) is 0 Å². The lowest BCUT2D eigenvalue weighted by Gasteiger charge is -2.24. The Bertz CT molecular complexity index is 825. The van der Waals surface area contributed by atoms with Crippen LogP contribution in [0.15, 0.2) is 22.5 Å². The van der Waals surface area contributed by atoms with Gasteiger partial charge in [0.05, 0.1) is 5.56 Å². The zero-order valence-electron chi connectivity index (χ0n) is 12.4. The number of thiocarbonyl (C=S) groups is 1. The van der Waals surface area contributed by atoms with E-state index in [0.717, 1.165) is 10.2 Å². The number of thiophene rings is 1. The van der Waals surface area contributed by atoms with Crippen molar-refractivity contribution in [1.29, 1.82) is 0 Å². The third kappa shape index (κ3) is 2.21. The molecule has 0 bridgehead atoms. The van der Waals surface area contributed by atoms with E-state index in [-0.39, 0.29) is 11.5 Å². The number of nitrogens with one attached hydrogen (secondary N) is 1. The molecule has 0 fully saturated rings. The van der Waals surface area contributed by atoms with Gasteiger partial charge < -0.3 is 10.4 Å². The number of aromatic carboxylic acids is 1. The van der Waals surface area contributed by atoms with Crippen molar-refractivity contribution in [2.24, 2.45) is 10.9 Å². The summed E-state index contributed by atoms with van der Waals surface area (Å²) in [6.07, 6.45) is 0. The minimum atomic E-state index is -1.02. The van der Waals surface area contributed by atoms with Gasteiger partial charge in [-0.25, -0.2) is 9.78 Å². The van der Waals surface area contributed by atoms with Gasteiger partial charge in [-0.15, -0.1) is 11.3 Å². The molecule has 114 valence electrons. The molecule has 1 aliphatic rings. The second-order valence-corrected chi connectivity index (χ2v) is 7.02. The molecule has 7 heteroatoms. The lowest BCUT2D eigenvalue weighted by Crippen LogP contribution is -2.40. The number of carbonyl (C=O) groups is 1. The highest BCUT2D eigenvalue weighted by atomic mass is 32.1. The average Bonchev–Trinajstić information content (AvgIpc) is 3.02. The first kappa shape index (κ1) is 15.1. The molecule has 0 spiro atoms. The fourth-order valence-corrected chi connectivity index (χ4v) is 3.42. The highest BCUT2D eigenvalue weighted by Crippen LogP contribution is 2.29. The number of carboxylic acids is 1. The van der Waals surface area contributed by atoms with Crippen LogP contribution in [-0.2, 0) is 0 Å². The number of fused-ring (bicyclic) bond motifs is 1. The summed E-state index contributed by atoms with van der Waals surface area (Å²) in [5.74, 6) is -0.387. The van der Waals surface area contributed by atoms with Crippen LogP contribution in [0.1, 0.15) is 36.8 Å². The van der Waals surface area contributed by atoms with Crippen LogP contribution in [0.25, 0.3) is 10.2 Å². The molecule has 2 aromatic rings. The molecular formula is C15H15N3O2S2. The molecule has 1 aliphatic heterocycles. The highest BCUT2D eigenvalue weighted by Gasteiger charge is 2.40. The van der Waals surface area contributed by atoms with Gasteiger partial charge >= 0.3 is 5.97 Å². The zero-order valence-corrected chi connectivity index (χ0v) is 14.0. The Morgan fingerprint density at radius 2 is 2.23 bits per heavy atom. The number of hydrogen-bond acceptors (Lipinski definition) is 5. The van der Waals surface area contributed by atoms with Crippen molar-refractivity contribution in [3.8, 4) is 0 Å². The van der Waals surface area contributed by atoms with Gasteiger partial charge in [0, 0.05) is 5.39 Å². The minimum absolute atomic E-state index is 0.132. The van der Waals surface area contributed by atoms with Crippen LogP contribution < -0.4 is 5.32 Å². The van der Waals surface area contributed by atoms with E-state index in [4.69, 9.17) is 12.2 Å². The monoisotopic (exact) mass is 333 g/mol. The number of aliphatic imine (C=N–C) groups is 1. The molecule has 3 rings (SSSR count). The molecule has 22 heavy (non-hydrogen) atoms. The third-order valence-electron chi connectivity index (χ3n) is 4.06. The molecule has 1 atom stereocenters. The smallest absolute Gasteiger partial charge is 0.338 e. The molecule has 2 N–H and O–H groups in total. The minimum Gasteiger partial charge on any atom is -0.478 e. The summed E-state index contributed by atoms with van der Waals surface area (Å²) < 4.78 is 0. The number of amidine groups is 1. The Balaban J connectivity index is 2.19. The number of hydrogen-bond donors (Lipinski definition) is 2. The summed E-state index contributed by atoms with van der Waals surface area (Å²) in [4.78, 5) is 22.1. The lowest BCUT2D eigenvalue weighted by molar-refractivity contribution is 0.0696. The van der Waals surface area contributed by atoms with Crippen LogP contribution >= 0.6 is 23.6 Å². The van der Waals surface area contributed by atoms with Crippen LogP contribution in [0.3, 0.4) is 0 Å². The summed E-state index contributed by atoms with van der Waals surface area (Å²) in [6.45, 7) is 6.02. The molecule has 1 unspecified atom stereocenters. The second-order valence-electron chi connectivity index (χ2n) is 5.72. The maximum atomic E-state index is 11.6. The molecule has 2 aromatic heterocycles. The maximum Gasteiger partial charge on any atom is 0.338 e. The third-order valence-corrected chi connectivity index (χ3v) is 5.39. The Morgan fingerprint density at radius 1 is 1.50 bits per heavy atom. The van der Waals surface area contributed by atoms with E-state index >= 15 is 0 Å². The summed E-state index contributed by atoms with van der Waals surface area (Å²) in [5.41, 5.74) is -0.0610. The molecule has 0 radical (unpaired) electrons. The lowest BCUT2D eigenvalue weighted by atomic mass is 9.90. The molecule has 5 nitrogen and oxygen atoms in total. The van der Waals surface area contributed by atoms with E-state index in [2.05, 4.69) is 15.3 Å². The van der Waals surface area contributed by atoms with E-state index in [1.54, 1.807) is 6.07 Å². The Labute approximate surface area is 137 Å². The van der Waals surface area contributed by atoms with Crippen molar-refractivity contribution < 1.29 is 9.90 Å². The molecule has 0 saturated heterocycles. The number of rotatable bonds is 3. The molecule has 0 aromatic carbocycles. The van der Waals surface area contributed by atoms with Crippen LogP contribution in [0.5, 0.6) is 0 Å². The Kier molecular flexibility index (Phi) is 3.49. The van der Waals surface area contributed by atoms with E-state index < -0.39 is 11.5 Å². The van der Waals surface area contributed by atoms with Crippen LogP contribution in [0.2, 0.25) is 0 Å². The van der Waals surface area contributed by atoms with E-state index in [1.807, 2.05) is 32.2 Å². The van der Waals surface area contributed by atoms with E-state index in [9.17, 15) is 9.90 Å². The Morgan fingerprint density at radius 3 is 2.82 bits per heavy atom. The normalized spacial score (nSPS) is 21.3. The molecule has 0 saturated carbocycles. The van der Waals surface area contributed by atoms with Crippen molar-refractivity contribution in [3.05, 3.63) is 28.8 Å². The van der Waals surface area contributed by atoms with Crippen LogP contribution in [-0.4, -0.2) is 32.4 Å². The average molecular weight is 333 g/mol. The predicted octanol–water partition coefficient (Wildman–Crippen LogP) is 3.09. The van der Waals surface area contributed by atoms with Gasteiger partial charge in [-0.3, -0.25) is 4.99 Å². The Hall–Kier alpha value is -1.86. The predicted molar refractivity (Wildman–Crippen MR) is 92.1 cm³/mol. The maximum absolute atomic E-state index is 11.6. The highest BCUT2D eigenvalue weighted by molar-refractivity contribution is 7.80. The van der Waals surface area contributed by atoms with Crippen molar-refractivity contribution in [1.82, 2.24) is 10.3 Å². The van der Waals surface area contributed by atoms with Crippen LogP contribution in [0, 0.1) is 5.92 Å². The van der Waals surface area contributed by atoms with Crippen molar-refractivity contribution in [2.75, 3.05) is 0 Å². The molecule has 0 amide bonds. The summed E-state index contributed by atoms with van der Waals surface area (Å²) in [7, 11) is 0. The SMILES string of the molecule is CC(C)C1(C)N=C(c2nc3sccc3cc2C(=O)O)NC1=S. The van der Waals surface area contributed by atoms with Crippen LogP contribution in [0.4, 0.5) is 0 Å². The summed E-state index contributed by atoms with van der Waals surface area (Å²) in [5, 5.41) is 15.2. The summed E-state index contributed by atoms with van der Waals surface area (Å²) >= 11 is 6.87. The van der Waals surface area contributed by atoms with Crippen molar-refractivity contribution >= 4 is 50.6 Å². The number of pyridine rings is 1. The number of aromatic nitrogens is 1. The van der Waals surface area contributed by atoms with Gasteiger partial charge in [-0.05, 0) is 30.4 Å². The largest absolute Gasteiger partial charge is 0.478 e. The first-order valence-corrected chi connectivity index (χ1v) is 8.15. The molecule has 0 aliphatic carbocycles. The molecular weight excluding hydrogens is 318 g/mol. The van der Waals surface area contributed by atoms with Gasteiger partial charge in [-0.2, -0.15) is 0 Å². The quantitative estimate of drug-likeness (QED) is 0.844. The van der Waals surface area contributed by atoms with Crippen molar-refractivity contribution in [3.63, 3.8) is 0 Å². The van der Waals surface area contributed by atoms with Gasteiger partial charge in [0.25, 0.3) is 0 Å². The second kappa shape index (κ2) is 5.10. The standard InChI is InChI=1S/C15H15N3O2S2/c1-7(2)15(3)14(21)17-11(18-15)10-9(13(19)20)6-8-4-5-22-12(8)16-10/h4-7H,1-3H3,(H,19,20)(H,17,18,21). The first-order chi connectivity index (χ1) is 10.3. The van der Waals surface area contributed by atoms with E-state index in [0.29, 0.717) is 16.5 Å². The summed E-state index contributed by atoms with van der Waals surface area (Å²) in [6, 6.07) is 3.49.